The Labute approximate surface area is 117 Å². The Morgan fingerprint density at radius 3 is 2.88 bits per heavy atom. The number of para-hydroxylation sites is 1. The van der Waals surface area contributed by atoms with Crippen LogP contribution >= 0.6 is 31.9 Å². The second-order valence-corrected chi connectivity index (χ2v) is 5.52. The lowest BCUT2D eigenvalue weighted by Crippen LogP contribution is -2.25. The van der Waals surface area contributed by atoms with Gasteiger partial charge in [0.05, 0.1) is 7.11 Å². The van der Waals surface area contributed by atoms with Crippen LogP contribution in [0, 0.1) is 5.92 Å². The predicted octanol–water partition coefficient (Wildman–Crippen LogP) is 3.21. The molecule has 1 amide bonds. The highest BCUT2D eigenvalue weighted by Crippen LogP contribution is 2.39. The van der Waals surface area contributed by atoms with E-state index in [-0.39, 0.29) is 5.91 Å². The number of methoxy groups -OCH3 is 1. The first-order valence-electron chi connectivity index (χ1n) is 5.36. The van der Waals surface area contributed by atoms with Crippen molar-refractivity contribution in [1.82, 2.24) is 0 Å². The van der Waals surface area contributed by atoms with E-state index in [4.69, 9.17) is 4.74 Å². The molecule has 5 heteroatoms. The van der Waals surface area contributed by atoms with Crippen LogP contribution in [-0.4, -0.2) is 24.9 Å². The molecule has 0 bridgehead atoms. The zero-order chi connectivity index (χ0) is 12.4. The molecule has 0 aliphatic carbocycles. The van der Waals surface area contributed by atoms with E-state index in [9.17, 15) is 4.79 Å². The molecule has 1 aromatic rings. The summed E-state index contributed by atoms with van der Waals surface area (Å²) >= 11 is 6.92. The Morgan fingerprint density at radius 2 is 2.29 bits per heavy atom. The molecule has 0 radical (unpaired) electrons. The summed E-state index contributed by atoms with van der Waals surface area (Å²) in [5.41, 5.74) is 0.837. The SMILES string of the molecule is COc1cccc(Br)c1N1CC(CBr)CC1=O. The standard InChI is InChI=1S/C12H13Br2NO2/c1-17-10-4-2-3-9(14)12(10)15-7-8(6-13)5-11(15)16/h2-4,8H,5-7H2,1H3. The highest BCUT2D eigenvalue weighted by Gasteiger charge is 2.32. The topological polar surface area (TPSA) is 29.5 Å². The smallest absolute Gasteiger partial charge is 0.227 e. The van der Waals surface area contributed by atoms with Crippen LogP contribution in [0.2, 0.25) is 0 Å². The van der Waals surface area contributed by atoms with Gasteiger partial charge in [-0.05, 0) is 34.0 Å². The van der Waals surface area contributed by atoms with Gasteiger partial charge in [0.1, 0.15) is 11.4 Å². The van der Waals surface area contributed by atoms with Crippen molar-refractivity contribution in [2.45, 2.75) is 6.42 Å². The largest absolute Gasteiger partial charge is 0.495 e. The van der Waals surface area contributed by atoms with E-state index in [0.717, 1.165) is 27.8 Å². The average molecular weight is 363 g/mol. The predicted molar refractivity (Wildman–Crippen MR) is 74.9 cm³/mol. The molecule has 3 nitrogen and oxygen atoms in total. The van der Waals surface area contributed by atoms with Crippen molar-refractivity contribution >= 4 is 43.5 Å². The molecule has 1 aliphatic heterocycles. The van der Waals surface area contributed by atoms with Gasteiger partial charge in [-0.2, -0.15) is 0 Å². The molecule has 0 spiro atoms. The third-order valence-corrected chi connectivity index (χ3v) is 4.42. The van der Waals surface area contributed by atoms with Crippen LogP contribution in [-0.2, 0) is 4.79 Å². The number of halogens is 2. The molecular weight excluding hydrogens is 350 g/mol. The van der Waals surface area contributed by atoms with Crippen LogP contribution in [0.5, 0.6) is 5.75 Å². The molecule has 1 fully saturated rings. The second-order valence-electron chi connectivity index (χ2n) is 4.02. The number of alkyl halides is 1. The third kappa shape index (κ3) is 2.50. The molecule has 1 saturated heterocycles. The summed E-state index contributed by atoms with van der Waals surface area (Å²) in [5, 5.41) is 0.849. The number of nitrogens with zero attached hydrogens (tertiary/aromatic N) is 1. The summed E-state index contributed by atoms with van der Waals surface area (Å²) in [6.07, 6.45) is 0.593. The summed E-state index contributed by atoms with van der Waals surface area (Å²) in [6.45, 7) is 0.739. The Hall–Kier alpha value is -0.550. The van der Waals surface area contributed by atoms with Crippen molar-refractivity contribution in [2.24, 2.45) is 5.92 Å². The summed E-state index contributed by atoms with van der Waals surface area (Å²) in [6, 6.07) is 5.69. The van der Waals surface area contributed by atoms with Gasteiger partial charge >= 0.3 is 0 Å². The molecule has 0 saturated carbocycles. The number of amides is 1. The normalized spacial score (nSPS) is 19.8. The van der Waals surface area contributed by atoms with Gasteiger partial charge in [0.25, 0.3) is 0 Å². The van der Waals surface area contributed by atoms with Crippen LogP contribution in [0.1, 0.15) is 6.42 Å². The molecule has 0 N–H and O–H groups in total. The van der Waals surface area contributed by atoms with Gasteiger partial charge in [0.15, 0.2) is 0 Å². The maximum Gasteiger partial charge on any atom is 0.227 e. The molecule has 2 rings (SSSR count). The lowest BCUT2D eigenvalue weighted by Gasteiger charge is -2.20. The van der Waals surface area contributed by atoms with E-state index in [1.165, 1.54) is 0 Å². The second kappa shape index (κ2) is 5.40. The summed E-state index contributed by atoms with van der Waals surface area (Å²) in [4.78, 5) is 13.8. The van der Waals surface area contributed by atoms with Crippen molar-refractivity contribution < 1.29 is 9.53 Å². The van der Waals surface area contributed by atoms with E-state index in [0.29, 0.717) is 12.3 Å². The maximum absolute atomic E-state index is 12.0. The minimum absolute atomic E-state index is 0.152. The number of benzene rings is 1. The van der Waals surface area contributed by atoms with Crippen molar-refractivity contribution in [1.29, 1.82) is 0 Å². The van der Waals surface area contributed by atoms with Gasteiger partial charge in [-0.3, -0.25) is 4.79 Å². The number of anilines is 1. The van der Waals surface area contributed by atoms with E-state index in [1.54, 1.807) is 12.0 Å². The summed E-state index contributed by atoms with van der Waals surface area (Å²) in [7, 11) is 1.62. The van der Waals surface area contributed by atoms with Crippen molar-refractivity contribution in [3.8, 4) is 5.75 Å². The molecule has 1 unspecified atom stereocenters. The first-order valence-corrected chi connectivity index (χ1v) is 7.27. The lowest BCUT2D eigenvalue weighted by atomic mass is 10.2. The Kier molecular flexibility index (Phi) is 4.09. The Bertz CT molecular complexity index is 437. The molecule has 1 aromatic carbocycles. The van der Waals surface area contributed by atoms with Crippen molar-refractivity contribution in [2.75, 3.05) is 23.9 Å². The van der Waals surface area contributed by atoms with Crippen LogP contribution in [0.4, 0.5) is 5.69 Å². The minimum Gasteiger partial charge on any atom is -0.495 e. The minimum atomic E-state index is 0.152. The van der Waals surface area contributed by atoms with E-state index < -0.39 is 0 Å². The Balaban J connectivity index is 2.37. The van der Waals surface area contributed by atoms with Gasteiger partial charge in [0.2, 0.25) is 5.91 Å². The molecule has 1 aliphatic rings. The number of ether oxygens (including phenoxy) is 1. The first-order chi connectivity index (χ1) is 8.17. The lowest BCUT2D eigenvalue weighted by molar-refractivity contribution is -0.117. The quantitative estimate of drug-likeness (QED) is 0.772. The zero-order valence-corrected chi connectivity index (χ0v) is 12.6. The van der Waals surface area contributed by atoms with E-state index >= 15 is 0 Å². The number of carbonyl (C=O) groups is 1. The average Bonchev–Trinajstić information content (AvgIpc) is 2.70. The van der Waals surface area contributed by atoms with Gasteiger partial charge in [-0.15, -0.1) is 0 Å². The molecule has 1 atom stereocenters. The van der Waals surface area contributed by atoms with Crippen LogP contribution in [0.3, 0.4) is 0 Å². The van der Waals surface area contributed by atoms with Crippen LogP contribution in [0.15, 0.2) is 22.7 Å². The van der Waals surface area contributed by atoms with E-state index in [1.807, 2.05) is 18.2 Å². The summed E-state index contributed by atoms with van der Waals surface area (Å²) < 4.78 is 6.21. The van der Waals surface area contributed by atoms with Gasteiger partial charge in [-0.25, -0.2) is 0 Å². The highest BCUT2D eigenvalue weighted by atomic mass is 79.9. The van der Waals surface area contributed by atoms with E-state index in [2.05, 4.69) is 31.9 Å². The fraction of sp³-hybridized carbons (Fsp3) is 0.417. The zero-order valence-electron chi connectivity index (χ0n) is 9.45. The van der Waals surface area contributed by atoms with Crippen LogP contribution < -0.4 is 9.64 Å². The van der Waals surface area contributed by atoms with Gasteiger partial charge < -0.3 is 9.64 Å². The number of rotatable bonds is 3. The fourth-order valence-electron chi connectivity index (χ4n) is 2.02. The number of carbonyl (C=O) groups excluding carboxylic acids is 1. The number of hydrogen-bond donors (Lipinski definition) is 0. The molecule has 0 aromatic heterocycles. The Morgan fingerprint density at radius 1 is 1.53 bits per heavy atom. The highest BCUT2D eigenvalue weighted by molar-refractivity contribution is 9.10. The van der Waals surface area contributed by atoms with Gasteiger partial charge in [0, 0.05) is 22.8 Å². The molecule has 92 valence electrons. The van der Waals surface area contributed by atoms with Crippen LogP contribution in [0.25, 0.3) is 0 Å². The van der Waals surface area contributed by atoms with Gasteiger partial charge in [-0.1, -0.05) is 22.0 Å². The molecular formula is C12H13Br2NO2. The molecule has 17 heavy (non-hydrogen) atoms. The maximum atomic E-state index is 12.0. The number of hydrogen-bond acceptors (Lipinski definition) is 2. The van der Waals surface area contributed by atoms with Crippen molar-refractivity contribution in [3.63, 3.8) is 0 Å². The molecule has 1 heterocycles. The summed E-state index contributed by atoms with van der Waals surface area (Å²) in [5.74, 6) is 1.25. The fourth-order valence-corrected chi connectivity index (χ4v) is 3.02. The first kappa shape index (κ1) is 12.9. The monoisotopic (exact) mass is 361 g/mol. The van der Waals surface area contributed by atoms with Crippen molar-refractivity contribution in [3.05, 3.63) is 22.7 Å². The third-order valence-electron chi connectivity index (χ3n) is 2.86.